The summed E-state index contributed by atoms with van der Waals surface area (Å²) in [7, 11) is 0.0354. The van der Waals surface area contributed by atoms with E-state index < -0.39 is 10.0 Å². The molecule has 2 heterocycles. The lowest BCUT2D eigenvalue weighted by Crippen LogP contribution is -2.30. The van der Waals surface area contributed by atoms with Crippen molar-refractivity contribution in [3.8, 4) is 0 Å². The molecule has 0 radical (unpaired) electrons. The molecule has 8 heteroatoms. The van der Waals surface area contributed by atoms with Crippen LogP contribution in [0.4, 0.5) is 0 Å². The zero-order chi connectivity index (χ0) is 14.0. The van der Waals surface area contributed by atoms with Gasteiger partial charge in [0.25, 0.3) is 0 Å². The van der Waals surface area contributed by atoms with Crippen molar-refractivity contribution in [1.29, 1.82) is 0 Å². The van der Waals surface area contributed by atoms with E-state index >= 15 is 0 Å². The van der Waals surface area contributed by atoms with Crippen LogP contribution in [0.3, 0.4) is 0 Å². The van der Waals surface area contributed by atoms with E-state index in [-0.39, 0.29) is 6.10 Å². The summed E-state index contributed by atoms with van der Waals surface area (Å²) >= 11 is 4.80. The minimum absolute atomic E-state index is 0.00367. The summed E-state index contributed by atoms with van der Waals surface area (Å²) in [6.45, 7) is 1.62. The highest BCUT2D eigenvalue weighted by Crippen LogP contribution is 2.34. The summed E-state index contributed by atoms with van der Waals surface area (Å²) < 4.78 is 32.5. The molecule has 0 aromatic carbocycles. The quantitative estimate of drug-likeness (QED) is 0.857. The van der Waals surface area contributed by atoms with Crippen LogP contribution in [-0.4, -0.2) is 46.1 Å². The highest BCUT2D eigenvalue weighted by atomic mass is 79.9. The summed E-state index contributed by atoms with van der Waals surface area (Å²) in [6.07, 6.45) is 0.755. The zero-order valence-electron chi connectivity index (χ0n) is 10.8. The lowest BCUT2D eigenvalue weighted by Gasteiger charge is -2.15. The second kappa shape index (κ2) is 6.19. The smallest absolute Gasteiger partial charge is 0.245 e. The Labute approximate surface area is 126 Å². The topological polar surface area (TPSA) is 58.6 Å². The van der Waals surface area contributed by atoms with Crippen LogP contribution >= 0.6 is 27.3 Å². The zero-order valence-corrected chi connectivity index (χ0v) is 14.1. The Morgan fingerprint density at radius 3 is 2.95 bits per heavy atom. The van der Waals surface area contributed by atoms with E-state index in [0.717, 1.165) is 11.3 Å². The lowest BCUT2D eigenvalue weighted by atomic mass is 10.3. The fourth-order valence-corrected chi connectivity index (χ4v) is 6.21. The van der Waals surface area contributed by atoms with Gasteiger partial charge in [0.1, 0.15) is 4.90 Å². The summed E-state index contributed by atoms with van der Waals surface area (Å²) in [6, 6.07) is 1.74. The molecule has 0 amide bonds. The second-order valence-corrected chi connectivity index (χ2v) is 8.75. The third kappa shape index (κ3) is 3.20. The second-order valence-electron chi connectivity index (χ2n) is 4.39. The third-order valence-electron chi connectivity index (χ3n) is 3.12. The minimum Gasteiger partial charge on any atom is -0.380 e. The maximum atomic E-state index is 12.6. The van der Waals surface area contributed by atoms with Crippen LogP contribution in [0.15, 0.2) is 14.7 Å². The van der Waals surface area contributed by atoms with E-state index in [1.165, 1.54) is 15.6 Å². The molecule has 19 heavy (non-hydrogen) atoms. The van der Waals surface area contributed by atoms with Gasteiger partial charge < -0.3 is 10.1 Å². The Kier molecular flexibility index (Phi) is 5.02. The van der Waals surface area contributed by atoms with Gasteiger partial charge in [-0.1, -0.05) is 0 Å². The van der Waals surface area contributed by atoms with Gasteiger partial charge >= 0.3 is 0 Å². The molecule has 1 aromatic rings. The Balaban J connectivity index is 2.24. The van der Waals surface area contributed by atoms with E-state index in [0.29, 0.717) is 28.3 Å². The molecule has 0 saturated carbocycles. The number of nitrogens with zero attached hydrogens (tertiary/aromatic N) is 1. The summed E-state index contributed by atoms with van der Waals surface area (Å²) in [4.78, 5) is 1.36. The Bertz CT molecular complexity index is 544. The molecule has 1 unspecified atom stereocenters. The number of methoxy groups -OCH3 is 1. The SMILES string of the molecule is CNCc1cc(S(=O)(=O)N2CCC(OC)C2)c(Br)s1. The molecular weight excluding hydrogens is 352 g/mol. The van der Waals surface area contributed by atoms with Crippen molar-refractivity contribution in [3.63, 3.8) is 0 Å². The van der Waals surface area contributed by atoms with Crippen molar-refractivity contribution < 1.29 is 13.2 Å². The van der Waals surface area contributed by atoms with Crippen molar-refractivity contribution in [3.05, 3.63) is 14.7 Å². The van der Waals surface area contributed by atoms with Crippen molar-refractivity contribution in [2.45, 2.75) is 24.0 Å². The summed E-state index contributed by atoms with van der Waals surface area (Å²) in [5.74, 6) is 0. The number of ether oxygens (including phenoxy) is 1. The molecular formula is C11H17BrN2O3S2. The maximum absolute atomic E-state index is 12.6. The molecule has 0 aliphatic carbocycles. The number of thiophene rings is 1. The summed E-state index contributed by atoms with van der Waals surface area (Å²) in [5.41, 5.74) is 0. The van der Waals surface area contributed by atoms with Crippen LogP contribution in [-0.2, 0) is 21.3 Å². The average Bonchev–Trinajstić information content (AvgIpc) is 2.96. The van der Waals surface area contributed by atoms with E-state index in [9.17, 15) is 8.42 Å². The van der Waals surface area contributed by atoms with E-state index in [1.54, 1.807) is 13.2 Å². The predicted octanol–water partition coefficient (Wildman–Crippen LogP) is 1.64. The van der Waals surface area contributed by atoms with Crippen LogP contribution in [0.25, 0.3) is 0 Å². The molecule has 1 atom stereocenters. The van der Waals surface area contributed by atoms with Crippen LogP contribution < -0.4 is 5.32 Å². The molecule has 0 bridgehead atoms. The molecule has 1 saturated heterocycles. The highest BCUT2D eigenvalue weighted by Gasteiger charge is 2.34. The van der Waals surface area contributed by atoms with Crippen molar-refractivity contribution >= 4 is 37.3 Å². The van der Waals surface area contributed by atoms with Gasteiger partial charge in [0.2, 0.25) is 10.0 Å². The Morgan fingerprint density at radius 2 is 2.37 bits per heavy atom. The van der Waals surface area contributed by atoms with Crippen LogP contribution in [0.5, 0.6) is 0 Å². The third-order valence-corrected chi connectivity index (χ3v) is 7.23. The van der Waals surface area contributed by atoms with Gasteiger partial charge in [-0.3, -0.25) is 0 Å². The number of hydrogen-bond donors (Lipinski definition) is 1. The van der Waals surface area contributed by atoms with Crippen molar-refractivity contribution in [2.24, 2.45) is 0 Å². The largest absolute Gasteiger partial charge is 0.380 e. The molecule has 1 aliphatic heterocycles. The van der Waals surface area contributed by atoms with E-state index in [4.69, 9.17) is 4.74 Å². The Morgan fingerprint density at radius 1 is 1.63 bits per heavy atom. The van der Waals surface area contributed by atoms with Gasteiger partial charge in [-0.15, -0.1) is 11.3 Å². The first-order chi connectivity index (χ1) is 8.98. The van der Waals surface area contributed by atoms with Gasteiger partial charge in [-0.25, -0.2) is 8.42 Å². The fraction of sp³-hybridized carbons (Fsp3) is 0.636. The number of halogens is 1. The maximum Gasteiger partial charge on any atom is 0.245 e. The number of hydrogen-bond acceptors (Lipinski definition) is 5. The van der Waals surface area contributed by atoms with Crippen LogP contribution in [0.1, 0.15) is 11.3 Å². The van der Waals surface area contributed by atoms with Gasteiger partial charge in [0.15, 0.2) is 0 Å². The first-order valence-electron chi connectivity index (χ1n) is 5.94. The molecule has 5 nitrogen and oxygen atoms in total. The number of nitrogens with one attached hydrogen (secondary N) is 1. The minimum atomic E-state index is -3.42. The molecule has 2 rings (SSSR count). The average molecular weight is 369 g/mol. The molecule has 1 N–H and O–H groups in total. The fourth-order valence-electron chi connectivity index (χ4n) is 2.08. The van der Waals surface area contributed by atoms with Gasteiger partial charge in [-0.2, -0.15) is 4.31 Å². The molecule has 1 aliphatic rings. The highest BCUT2D eigenvalue weighted by molar-refractivity contribution is 9.11. The Hall–Kier alpha value is 0.01000. The first kappa shape index (κ1) is 15.4. The van der Waals surface area contributed by atoms with Gasteiger partial charge in [0, 0.05) is 31.6 Å². The summed E-state index contributed by atoms with van der Waals surface area (Å²) in [5, 5.41) is 3.02. The molecule has 108 valence electrons. The normalized spacial score (nSPS) is 21.1. The first-order valence-corrected chi connectivity index (χ1v) is 8.99. The standard InChI is InChI=1S/C11H17BrN2O3S2/c1-13-6-9-5-10(11(12)18-9)19(15,16)14-4-3-8(7-14)17-2/h5,8,13H,3-4,6-7H2,1-2H3. The lowest BCUT2D eigenvalue weighted by molar-refractivity contribution is 0.115. The van der Waals surface area contributed by atoms with Crippen molar-refractivity contribution in [1.82, 2.24) is 9.62 Å². The monoisotopic (exact) mass is 368 g/mol. The number of sulfonamides is 1. The molecule has 0 spiro atoms. The molecule has 1 aromatic heterocycles. The van der Waals surface area contributed by atoms with Crippen LogP contribution in [0, 0.1) is 0 Å². The molecule has 1 fully saturated rings. The number of rotatable bonds is 5. The van der Waals surface area contributed by atoms with E-state index in [2.05, 4.69) is 21.2 Å². The van der Waals surface area contributed by atoms with E-state index in [1.807, 2.05) is 7.05 Å². The predicted molar refractivity (Wildman–Crippen MR) is 79.0 cm³/mol. The van der Waals surface area contributed by atoms with Gasteiger partial charge in [0.05, 0.1) is 9.89 Å². The van der Waals surface area contributed by atoms with Crippen LogP contribution in [0.2, 0.25) is 0 Å². The van der Waals surface area contributed by atoms with Crippen molar-refractivity contribution in [2.75, 3.05) is 27.2 Å². The van der Waals surface area contributed by atoms with Gasteiger partial charge in [-0.05, 0) is 35.5 Å².